The highest BCUT2D eigenvalue weighted by molar-refractivity contribution is 7.07. The Balaban J connectivity index is 1.84. The smallest absolute Gasteiger partial charge is 0.190 e. The van der Waals surface area contributed by atoms with Gasteiger partial charge < -0.3 is 18.8 Å². The van der Waals surface area contributed by atoms with Gasteiger partial charge in [-0.3, -0.25) is 0 Å². The van der Waals surface area contributed by atoms with Gasteiger partial charge in [0.25, 0.3) is 0 Å². The lowest BCUT2D eigenvalue weighted by molar-refractivity contribution is 0.0968. The molecule has 4 rings (SSSR count). The first-order chi connectivity index (χ1) is 14.6. The third-order valence-electron chi connectivity index (χ3n) is 5.32. The molecule has 1 atom stereocenters. The Kier molecular flexibility index (Phi) is 6.25. The van der Waals surface area contributed by atoms with Crippen molar-refractivity contribution in [1.29, 1.82) is 0 Å². The number of hydrogen-bond acceptors (Lipinski definition) is 5. The van der Waals surface area contributed by atoms with Crippen molar-refractivity contribution in [1.82, 2.24) is 4.57 Å². The Morgan fingerprint density at radius 1 is 1.10 bits per heavy atom. The SMILES string of the molecule is COc1ccc(-c2csc(=Nc3cc(C)cc(C)c3)n2CC2CCCO2)c(OC)c1. The van der Waals surface area contributed by atoms with E-state index in [1.54, 1.807) is 25.6 Å². The Hall–Kier alpha value is -2.57. The van der Waals surface area contributed by atoms with E-state index in [2.05, 4.69) is 42.0 Å². The van der Waals surface area contributed by atoms with Gasteiger partial charge in [-0.05, 0) is 62.1 Å². The van der Waals surface area contributed by atoms with E-state index in [-0.39, 0.29) is 6.10 Å². The van der Waals surface area contributed by atoms with Crippen LogP contribution in [0.15, 0.2) is 46.8 Å². The molecule has 1 aliphatic rings. The van der Waals surface area contributed by atoms with Crippen LogP contribution < -0.4 is 14.3 Å². The summed E-state index contributed by atoms with van der Waals surface area (Å²) < 4.78 is 19.3. The van der Waals surface area contributed by atoms with Crippen LogP contribution >= 0.6 is 11.3 Å². The minimum absolute atomic E-state index is 0.209. The van der Waals surface area contributed by atoms with Gasteiger partial charge in [0.05, 0.1) is 38.2 Å². The van der Waals surface area contributed by atoms with Crippen LogP contribution in [0.4, 0.5) is 5.69 Å². The zero-order valence-corrected chi connectivity index (χ0v) is 18.8. The van der Waals surface area contributed by atoms with Gasteiger partial charge in [-0.15, -0.1) is 11.3 Å². The fourth-order valence-corrected chi connectivity index (χ4v) is 4.87. The monoisotopic (exact) mass is 424 g/mol. The number of hydrogen-bond donors (Lipinski definition) is 0. The number of methoxy groups -OCH3 is 2. The summed E-state index contributed by atoms with van der Waals surface area (Å²) in [6, 6.07) is 12.3. The van der Waals surface area contributed by atoms with Crippen molar-refractivity contribution in [2.45, 2.75) is 39.3 Å². The first-order valence-electron chi connectivity index (χ1n) is 10.2. The van der Waals surface area contributed by atoms with Crippen LogP contribution in [0.1, 0.15) is 24.0 Å². The summed E-state index contributed by atoms with van der Waals surface area (Å²) in [4.78, 5) is 5.96. The highest BCUT2D eigenvalue weighted by Crippen LogP contribution is 2.34. The van der Waals surface area contributed by atoms with E-state index in [9.17, 15) is 0 Å². The summed E-state index contributed by atoms with van der Waals surface area (Å²) >= 11 is 1.64. The van der Waals surface area contributed by atoms with Crippen molar-refractivity contribution >= 4 is 17.0 Å². The number of aryl methyl sites for hydroxylation is 2. The molecule has 0 N–H and O–H groups in total. The Labute approximate surface area is 181 Å². The molecule has 1 fully saturated rings. The second-order valence-corrected chi connectivity index (χ2v) is 8.51. The first kappa shape index (κ1) is 20.7. The Morgan fingerprint density at radius 3 is 2.57 bits per heavy atom. The standard InChI is InChI=1S/C24H28N2O3S/c1-16-10-17(2)12-18(11-16)25-24-26(14-20-6-5-9-29-20)22(15-30-24)21-8-7-19(27-3)13-23(21)28-4/h7-8,10-13,15,20H,5-6,9,14H2,1-4H3. The largest absolute Gasteiger partial charge is 0.497 e. The molecule has 1 saturated heterocycles. The summed E-state index contributed by atoms with van der Waals surface area (Å²) in [5.41, 5.74) is 5.51. The van der Waals surface area contributed by atoms with Gasteiger partial charge in [0, 0.05) is 23.6 Å². The quantitative estimate of drug-likeness (QED) is 0.542. The second-order valence-electron chi connectivity index (χ2n) is 7.67. The molecule has 0 bridgehead atoms. The van der Waals surface area contributed by atoms with E-state index in [0.29, 0.717) is 0 Å². The summed E-state index contributed by atoms with van der Waals surface area (Å²) in [5.74, 6) is 1.56. The van der Waals surface area contributed by atoms with E-state index in [4.69, 9.17) is 19.2 Å². The maximum absolute atomic E-state index is 5.94. The molecule has 2 heterocycles. The zero-order valence-electron chi connectivity index (χ0n) is 18.0. The maximum Gasteiger partial charge on any atom is 0.190 e. The number of thiazole rings is 1. The summed E-state index contributed by atoms with van der Waals surface area (Å²) in [7, 11) is 3.35. The fourth-order valence-electron chi connectivity index (χ4n) is 3.94. The van der Waals surface area contributed by atoms with Crippen LogP contribution in [0.25, 0.3) is 11.3 Å². The van der Waals surface area contributed by atoms with Crippen LogP contribution in [0.2, 0.25) is 0 Å². The molecule has 0 saturated carbocycles. The molecule has 0 radical (unpaired) electrons. The normalized spacial score (nSPS) is 16.8. The highest BCUT2D eigenvalue weighted by atomic mass is 32.1. The van der Waals surface area contributed by atoms with Crippen molar-refractivity contribution in [2.75, 3.05) is 20.8 Å². The average molecular weight is 425 g/mol. The molecule has 0 aliphatic carbocycles. The first-order valence-corrected chi connectivity index (χ1v) is 11.1. The predicted octanol–water partition coefficient (Wildman–Crippen LogP) is 5.26. The number of benzene rings is 2. The van der Waals surface area contributed by atoms with Crippen LogP contribution in [-0.4, -0.2) is 31.5 Å². The van der Waals surface area contributed by atoms with E-state index in [0.717, 1.165) is 59.2 Å². The van der Waals surface area contributed by atoms with Crippen LogP contribution in [0.5, 0.6) is 11.5 Å². The van der Waals surface area contributed by atoms with Gasteiger partial charge in [-0.25, -0.2) is 4.99 Å². The fraction of sp³-hybridized carbons (Fsp3) is 0.375. The lowest BCUT2D eigenvalue weighted by Gasteiger charge is -2.16. The number of ether oxygens (including phenoxy) is 3. The maximum atomic E-state index is 5.94. The van der Waals surface area contributed by atoms with E-state index < -0.39 is 0 Å². The molecule has 1 aliphatic heterocycles. The minimum Gasteiger partial charge on any atom is -0.497 e. The molecule has 0 amide bonds. The zero-order chi connectivity index (χ0) is 21.1. The molecule has 6 heteroatoms. The summed E-state index contributed by atoms with van der Waals surface area (Å²) in [6.07, 6.45) is 2.39. The summed E-state index contributed by atoms with van der Waals surface area (Å²) in [5, 5.41) is 2.15. The van der Waals surface area contributed by atoms with Crippen molar-refractivity contribution in [2.24, 2.45) is 4.99 Å². The molecule has 5 nitrogen and oxygen atoms in total. The van der Waals surface area contributed by atoms with E-state index >= 15 is 0 Å². The third-order valence-corrected chi connectivity index (χ3v) is 6.19. The molecule has 0 spiro atoms. The number of aromatic nitrogens is 1. The van der Waals surface area contributed by atoms with Crippen LogP contribution in [0.3, 0.4) is 0 Å². The molecule has 2 aromatic carbocycles. The Bertz CT molecular complexity index is 1070. The molecule has 158 valence electrons. The van der Waals surface area contributed by atoms with Crippen LogP contribution in [-0.2, 0) is 11.3 Å². The van der Waals surface area contributed by atoms with Crippen molar-refractivity contribution in [3.63, 3.8) is 0 Å². The van der Waals surface area contributed by atoms with Crippen molar-refractivity contribution in [3.8, 4) is 22.8 Å². The van der Waals surface area contributed by atoms with Gasteiger partial charge in [-0.1, -0.05) is 6.07 Å². The molecule has 3 aromatic rings. The second kappa shape index (κ2) is 9.06. The van der Waals surface area contributed by atoms with Crippen molar-refractivity contribution in [3.05, 3.63) is 57.7 Å². The Morgan fingerprint density at radius 2 is 1.90 bits per heavy atom. The van der Waals surface area contributed by atoms with Gasteiger partial charge >= 0.3 is 0 Å². The van der Waals surface area contributed by atoms with Crippen molar-refractivity contribution < 1.29 is 14.2 Å². The summed E-state index contributed by atoms with van der Waals surface area (Å²) in [6.45, 7) is 5.82. The molecular formula is C24H28N2O3S. The number of rotatable bonds is 6. The van der Waals surface area contributed by atoms with Crippen LogP contribution in [0, 0.1) is 13.8 Å². The minimum atomic E-state index is 0.209. The number of nitrogens with zero attached hydrogens (tertiary/aromatic N) is 2. The lowest BCUT2D eigenvalue weighted by atomic mass is 10.1. The molecule has 1 aromatic heterocycles. The van der Waals surface area contributed by atoms with Gasteiger partial charge in [0.15, 0.2) is 4.80 Å². The molecule has 30 heavy (non-hydrogen) atoms. The molecular weight excluding hydrogens is 396 g/mol. The average Bonchev–Trinajstić information content (AvgIpc) is 3.38. The third kappa shape index (κ3) is 4.45. The topological polar surface area (TPSA) is 45.0 Å². The lowest BCUT2D eigenvalue weighted by Crippen LogP contribution is -2.24. The molecule has 1 unspecified atom stereocenters. The van der Waals surface area contributed by atoms with Gasteiger partial charge in [0.2, 0.25) is 0 Å². The van der Waals surface area contributed by atoms with E-state index in [1.165, 1.54) is 11.1 Å². The predicted molar refractivity (Wildman–Crippen MR) is 121 cm³/mol. The highest BCUT2D eigenvalue weighted by Gasteiger charge is 2.20. The van der Waals surface area contributed by atoms with Gasteiger partial charge in [-0.2, -0.15) is 0 Å². The van der Waals surface area contributed by atoms with Gasteiger partial charge in [0.1, 0.15) is 11.5 Å². The van der Waals surface area contributed by atoms with E-state index in [1.807, 2.05) is 18.2 Å².